The van der Waals surface area contributed by atoms with E-state index in [1.165, 1.54) is 0 Å². The Balaban J connectivity index is 0.000000952. The molecule has 1 amide bonds. The summed E-state index contributed by atoms with van der Waals surface area (Å²) in [6.07, 6.45) is 1.83. The number of aliphatic carboxylic acids is 2. The van der Waals surface area contributed by atoms with Crippen molar-refractivity contribution in [1.29, 1.82) is 0 Å². The molecule has 0 aromatic heterocycles. The minimum Gasteiger partial charge on any atom is -0.497 e. The third kappa shape index (κ3) is 10.1. The molecule has 48 heavy (non-hydrogen) atoms. The van der Waals surface area contributed by atoms with E-state index in [4.69, 9.17) is 48.2 Å². The summed E-state index contributed by atoms with van der Waals surface area (Å²) in [7, 11) is 10.3. The fourth-order valence-electron chi connectivity index (χ4n) is 4.73. The van der Waals surface area contributed by atoms with Crippen LogP contribution in [0.4, 0.5) is 5.69 Å². The summed E-state index contributed by atoms with van der Waals surface area (Å²) in [5, 5.41) is 14.4. The predicted molar refractivity (Wildman–Crippen MR) is 181 cm³/mol. The molecule has 0 saturated heterocycles. The van der Waals surface area contributed by atoms with Crippen molar-refractivity contribution in [1.82, 2.24) is 4.90 Å². The van der Waals surface area contributed by atoms with Crippen LogP contribution in [0, 0.1) is 0 Å². The lowest BCUT2D eigenvalue weighted by atomic mass is 10.1. The first-order chi connectivity index (χ1) is 23.0. The first-order valence-corrected chi connectivity index (χ1v) is 15.8. The SMILES string of the molecule is COc1ccc(OCCCCN(C)CCOc2cc(OC)c(OC)c(OC)c2)c(C2Sc3ccccc3N(C)C2=O)c1.O=C(O)C(=O)O. The number of thioether (sulfide) groups is 1. The predicted octanol–water partition coefficient (Wildman–Crippen LogP) is 4.86. The fraction of sp³-hybridized carbons (Fsp3) is 0.382. The smallest absolute Gasteiger partial charge is 0.414 e. The van der Waals surface area contributed by atoms with E-state index in [0.717, 1.165) is 42.1 Å². The van der Waals surface area contributed by atoms with Crippen LogP contribution < -0.4 is 33.3 Å². The van der Waals surface area contributed by atoms with E-state index in [-0.39, 0.29) is 5.91 Å². The molecule has 0 saturated carbocycles. The van der Waals surface area contributed by atoms with Gasteiger partial charge in [-0.2, -0.15) is 0 Å². The number of para-hydroxylation sites is 1. The lowest BCUT2D eigenvalue weighted by Gasteiger charge is -2.32. The third-order valence-corrected chi connectivity index (χ3v) is 8.57. The van der Waals surface area contributed by atoms with Crippen LogP contribution in [0.5, 0.6) is 34.5 Å². The number of amides is 1. The minimum atomic E-state index is -1.82. The molecule has 1 aliphatic heterocycles. The van der Waals surface area contributed by atoms with E-state index in [9.17, 15) is 4.79 Å². The molecule has 1 aliphatic rings. The van der Waals surface area contributed by atoms with Gasteiger partial charge in [-0.15, -0.1) is 11.8 Å². The second-order valence-corrected chi connectivity index (χ2v) is 11.6. The summed E-state index contributed by atoms with van der Waals surface area (Å²) in [6.45, 7) is 2.73. The van der Waals surface area contributed by atoms with Gasteiger partial charge in [0.25, 0.3) is 0 Å². The van der Waals surface area contributed by atoms with Crippen molar-refractivity contribution >= 4 is 35.3 Å². The molecule has 0 fully saturated rings. The average Bonchev–Trinajstić information content (AvgIpc) is 3.09. The molecule has 260 valence electrons. The van der Waals surface area contributed by atoms with E-state index in [1.807, 2.05) is 49.5 Å². The van der Waals surface area contributed by atoms with Crippen molar-refractivity contribution in [2.75, 3.05) is 73.7 Å². The average molecular weight is 687 g/mol. The van der Waals surface area contributed by atoms with Gasteiger partial charge in [-0.05, 0) is 56.8 Å². The van der Waals surface area contributed by atoms with E-state index in [0.29, 0.717) is 47.7 Å². The van der Waals surface area contributed by atoms with Gasteiger partial charge >= 0.3 is 11.9 Å². The molecule has 3 aromatic rings. The van der Waals surface area contributed by atoms with E-state index in [1.54, 1.807) is 57.2 Å². The number of rotatable bonds is 15. The highest BCUT2D eigenvalue weighted by molar-refractivity contribution is 8.00. The Hall–Kier alpha value is -4.82. The molecular formula is C34H42N2O11S. The van der Waals surface area contributed by atoms with Gasteiger partial charge in [0.15, 0.2) is 11.5 Å². The molecule has 2 N–H and O–H groups in total. The fourth-order valence-corrected chi connectivity index (χ4v) is 6.04. The summed E-state index contributed by atoms with van der Waals surface area (Å²) >= 11 is 1.55. The third-order valence-electron chi connectivity index (χ3n) is 7.28. The van der Waals surface area contributed by atoms with Crippen LogP contribution in [0.15, 0.2) is 59.5 Å². The first kappa shape index (κ1) is 37.6. The molecule has 1 heterocycles. The number of carboxylic acid groups (broad SMARTS) is 2. The van der Waals surface area contributed by atoms with Gasteiger partial charge in [0.05, 0.1) is 40.7 Å². The Bertz CT molecular complexity index is 1510. The zero-order valence-electron chi connectivity index (χ0n) is 27.9. The molecule has 1 atom stereocenters. The summed E-state index contributed by atoms with van der Waals surface area (Å²) in [6, 6.07) is 17.2. The van der Waals surface area contributed by atoms with Crippen LogP contribution in [0.1, 0.15) is 23.7 Å². The molecule has 4 rings (SSSR count). The normalized spacial score (nSPS) is 13.5. The van der Waals surface area contributed by atoms with Crippen molar-refractivity contribution < 1.29 is 53.0 Å². The van der Waals surface area contributed by atoms with Crippen molar-refractivity contribution in [3.63, 3.8) is 0 Å². The highest BCUT2D eigenvalue weighted by atomic mass is 32.2. The van der Waals surface area contributed by atoms with Gasteiger partial charge in [-0.1, -0.05) is 12.1 Å². The number of carbonyl (C=O) groups is 3. The summed E-state index contributed by atoms with van der Waals surface area (Å²) < 4.78 is 33.8. The van der Waals surface area contributed by atoms with Crippen LogP contribution in [-0.2, 0) is 14.4 Å². The van der Waals surface area contributed by atoms with Gasteiger partial charge in [-0.3, -0.25) is 4.79 Å². The maximum Gasteiger partial charge on any atom is 0.414 e. The van der Waals surface area contributed by atoms with Crippen molar-refractivity contribution in [2.45, 2.75) is 23.0 Å². The number of ether oxygens (including phenoxy) is 6. The number of methoxy groups -OCH3 is 4. The van der Waals surface area contributed by atoms with E-state index < -0.39 is 17.2 Å². The van der Waals surface area contributed by atoms with Crippen LogP contribution in [0.2, 0.25) is 0 Å². The summed E-state index contributed by atoms with van der Waals surface area (Å²) in [4.78, 5) is 36.5. The topological polar surface area (TPSA) is 154 Å². The maximum absolute atomic E-state index is 13.3. The Morgan fingerprint density at radius 3 is 2.06 bits per heavy atom. The molecule has 14 heteroatoms. The molecular weight excluding hydrogens is 644 g/mol. The van der Waals surface area contributed by atoms with Crippen molar-refractivity contribution in [3.8, 4) is 34.5 Å². The number of hydrogen-bond acceptors (Lipinski definition) is 11. The number of carboxylic acids is 2. The number of unbranched alkanes of at least 4 members (excludes halogenated alkanes) is 1. The van der Waals surface area contributed by atoms with Crippen LogP contribution in [0.3, 0.4) is 0 Å². The quantitative estimate of drug-likeness (QED) is 0.166. The van der Waals surface area contributed by atoms with Gasteiger partial charge < -0.3 is 48.4 Å². The zero-order valence-corrected chi connectivity index (χ0v) is 28.7. The first-order valence-electron chi connectivity index (χ1n) is 15.0. The Morgan fingerprint density at radius 2 is 1.46 bits per heavy atom. The maximum atomic E-state index is 13.3. The van der Waals surface area contributed by atoms with Crippen molar-refractivity contribution in [3.05, 3.63) is 60.2 Å². The van der Waals surface area contributed by atoms with Gasteiger partial charge in [0, 0.05) is 36.2 Å². The van der Waals surface area contributed by atoms with Crippen LogP contribution >= 0.6 is 11.8 Å². The highest BCUT2D eigenvalue weighted by Crippen LogP contribution is 2.48. The second kappa shape index (κ2) is 18.5. The molecule has 3 aromatic carbocycles. The Labute approximate surface area is 284 Å². The van der Waals surface area contributed by atoms with Gasteiger partial charge in [-0.25, -0.2) is 9.59 Å². The van der Waals surface area contributed by atoms with E-state index >= 15 is 0 Å². The monoisotopic (exact) mass is 686 g/mol. The standard InChI is InChI=1S/C32H40N2O7S.C2H2O4/c1-33(16-18-40-23-20-27(37-4)30(39-6)28(21-23)38-5)15-9-10-17-41-26-14-13-22(36-3)19-24(26)31-32(35)34(2)25-11-7-8-12-29(25)42-31;3-1(4)2(5)6/h7-8,11-14,19-21,31H,9-10,15-18H2,1-6H3;(H,3,4)(H,5,6). The molecule has 0 bridgehead atoms. The minimum absolute atomic E-state index is 0.0205. The molecule has 13 nitrogen and oxygen atoms in total. The van der Waals surface area contributed by atoms with Crippen LogP contribution in [-0.4, -0.2) is 102 Å². The zero-order chi connectivity index (χ0) is 35.2. The number of nitrogens with zero attached hydrogens (tertiary/aromatic N) is 2. The number of anilines is 1. The summed E-state index contributed by atoms with van der Waals surface area (Å²) in [5.74, 6) is 0.0921. The molecule has 1 unspecified atom stereocenters. The van der Waals surface area contributed by atoms with Crippen molar-refractivity contribution in [2.24, 2.45) is 0 Å². The number of hydrogen-bond donors (Lipinski definition) is 2. The molecule has 0 spiro atoms. The van der Waals surface area contributed by atoms with Gasteiger partial charge in [0.2, 0.25) is 11.7 Å². The lowest BCUT2D eigenvalue weighted by molar-refractivity contribution is -0.159. The second-order valence-electron chi connectivity index (χ2n) is 10.4. The van der Waals surface area contributed by atoms with Gasteiger partial charge in [0.1, 0.15) is 29.1 Å². The number of benzene rings is 3. The lowest BCUT2D eigenvalue weighted by Crippen LogP contribution is -2.33. The number of carbonyl (C=O) groups excluding carboxylic acids is 1. The number of fused-ring (bicyclic) bond motifs is 1. The summed E-state index contributed by atoms with van der Waals surface area (Å²) in [5.41, 5.74) is 1.75. The van der Waals surface area contributed by atoms with E-state index in [2.05, 4.69) is 11.9 Å². The Kier molecular flexibility index (Phi) is 14.5. The highest BCUT2D eigenvalue weighted by Gasteiger charge is 2.34. The molecule has 0 aliphatic carbocycles. The number of likely N-dealkylation sites (N-methyl/N-ethyl adjacent to an activating group) is 2. The Morgan fingerprint density at radius 1 is 0.792 bits per heavy atom. The van der Waals surface area contributed by atoms with Crippen LogP contribution in [0.25, 0.3) is 0 Å². The molecule has 0 radical (unpaired) electrons. The largest absolute Gasteiger partial charge is 0.497 e.